The van der Waals surface area contributed by atoms with E-state index in [9.17, 15) is 18.0 Å². The van der Waals surface area contributed by atoms with E-state index in [4.69, 9.17) is 9.88 Å². The quantitative estimate of drug-likeness (QED) is 0.678. The average Bonchev–Trinajstić information content (AvgIpc) is 2.75. The standard InChI is InChI=1S/C16H27N5O5S/c1-14(2,3)26-13(23)19-4-5-20-11(6-19)7-21(12(20)22)16-8-15(9-16,10-16)18-27(17,24)25/h11,18H,4-10H2,1-3H3,(H2,17,24,25)/t11-,15?,16?/m0/s1. The molecule has 0 aromatic heterocycles. The number of amides is 3. The number of nitrogens with one attached hydrogen (secondary N) is 1. The van der Waals surface area contributed by atoms with Gasteiger partial charge in [0.05, 0.1) is 11.6 Å². The first-order chi connectivity index (χ1) is 12.3. The highest BCUT2D eigenvalue weighted by Crippen LogP contribution is 2.64. The monoisotopic (exact) mass is 401 g/mol. The first kappa shape index (κ1) is 18.8. The first-order valence-corrected chi connectivity index (χ1v) is 10.7. The van der Waals surface area contributed by atoms with Crippen molar-refractivity contribution in [1.29, 1.82) is 0 Å². The molecule has 3 amide bonds. The molecule has 5 aliphatic rings. The van der Waals surface area contributed by atoms with Gasteiger partial charge in [0.25, 0.3) is 10.2 Å². The number of hydrogen-bond donors (Lipinski definition) is 2. The van der Waals surface area contributed by atoms with Crippen LogP contribution < -0.4 is 9.86 Å². The summed E-state index contributed by atoms with van der Waals surface area (Å²) in [6.45, 7) is 7.42. The number of urea groups is 1. The van der Waals surface area contributed by atoms with Crippen LogP contribution in [0.25, 0.3) is 0 Å². The van der Waals surface area contributed by atoms with Crippen LogP contribution in [0.1, 0.15) is 40.0 Å². The summed E-state index contributed by atoms with van der Waals surface area (Å²) in [7, 11) is -3.74. The molecule has 3 N–H and O–H groups in total. The van der Waals surface area contributed by atoms with Gasteiger partial charge in [-0.15, -0.1) is 0 Å². The molecule has 0 spiro atoms. The van der Waals surface area contributed by atoms with Crippen molar-refractivity contribution in [3.63, 3.8) is 0 Å². The fraction of sp³-hybridized carbons (Fsp3) is 0.875. The third kappa shape index (κ3) is 3.15. The number of nitrogens with two attached hydrogens (primary N) is 1. The van der Waals surface area contributed by atoms with Gasteiger partial charge < -0.3 is 19.4 Å². The first-order valence-electron chi connectivity index (χ1n) is 9.20. The molecule has 5 rings (SSSR count). The van der Waals surface area contributed by atoms with E-state index in [2.05, 4.69) is 4.72 Å². The van der Waals surface area contributed by atoms with Crippen LogP contribution in [0.3, 0.4) is 0 Å². The maximum atomic E-state index is 12.9. The molecule has 0 aromatic rings. The van der Waals surface area contributed by atoms with Crippen molar-refractivity contribution in [2.24, 2.45) is 5.14 Å². The Balaban J connectivity index is 1.38. The lowest BCUT2D eigenvalue weighted by Crippen LogP contribution is -2.84. The highest BCUT2D eigenvalue weighted by atomic mass is 32.2. The molecule has 27 heavy (non-hydrogen) atoms. The lowest BCUT2D eigenvalue weighted by atomic mass is 9.44. The molecule has 10 nitrogen and oxygen atoms in total. The number of nitrogens with zero attached hydrogens (tertiary/aromatic N) is 3. The van der Waals surface area contributed by atoms with Crippen molar-refractivity contribution in [1.82, 2.24) is 19.4 Å². The predicted molar refractivity (Wildman–Crippen MR) is 96.0 cm³/mol. The molecule has 3 saturated carbocycles. The Morgan fingerprint density at radius 2 is 1.85 bits per heavy atom. The molecule has 11 heteroatoms. The zero-order valence-electron chi connectivity index (χ0n) is 15.9. The van der Waals surface area contributed by atoms with Gasteiger partial charge in [0.15, 0.2) is 0 Å². The largest absolute Gasteiger partial charge is 0.444 e. The maximum Gasteiger partial charge on any atom is 0.410 e. The minimum Gasteiger partial charge on any atom is -0.444 e. The van der Waals surface area contributed by atoms with Crippen LogP contribution in [0.15, 0.2) is 0 Å². The molecular weight excluding hydrogens is 374 g/mol. The predicted octanol–water partition coefficient (Wildman–Crippen LogP) is -0.188. The van der Waals surface area contributed by atoms with Crippen LogP contribution in [0, 0.1) is 0 Å². The summed E-state index contributed by atoms with van der Waals surface area (Å²) >= 11 is 0. The third-order valence-electron chi connectivity index (χ3n) is 5.94. The van der Waals surface area contributed by atoms with Gasteiger partial charge in [0.2, 0.25) is 0 Å². The highest BCUT2D eigenvalue weighted by molar-refractivity contribution is 7.87. The van der Waals surface area contributed by atoms with Gasteiger partial charge in [-0.25, -0.2) is 14.7 Å². The Kier molecular flexibility index (Phi) is 3.81. The fourth-order valence-electron chi connectivity index (χ4n) is 5.03. The smallest absolute Gasteiger partial charge is 0.410 e. The molecule has 2 aliphatic heterocycles. The van der Waals surface area contributed by atoms with Gasteiger partial charge in [-0.2, -0.15) is 13.1 Å². The van der Waals surface area contributed by atoms with Crippen molar-refractivity contribution >= 4 is 22.3 Å². The molecule has 2 bridgehead atoms. The Morgan fingerprint density at radius 3 is 2.41 bits per heavy atom. The number of carbonyl (C=O) groups is 2. The number of piperazine rings is 1. The third-order valence-corrected chi connectivity index (χ3v) is 6.66. The normalized spacial score (nSPS) is 35.5. The van der Waals surface area contributed by atoms with Gasteiger partial charge in [0, 0.05) is 31.7 Å². The molecular formula is C16H27N5O5S. The number of fused-ring (bicyclic) bond motifs is 1. The lowest BCUT2D eigenvalue weighted by molar-refractivity contribution is -0.145. The van der Waals surface area contributed by atoms with Crippen LogP contribution in [-0.2, 0) is 14.9 Å². The minimum absolute atomic E-state index is 0.0206. The van der Waals surface area contributed by atoms with E-state index in [-0.39, 0.29) is 23.7 Å². The zero-order valence-corrected chi connectivity index (χ0v) is 16.7. The van der Waals surface area contributed by atoms with E-state index in [1.54, 1.807) is 4.90 Å². The summed E-state index contributed by atoms with van der Waals surface area (Å²) < 4.78 is 30.5. The molecule has 2 heterocycles. The highest BCUT2D eigenvalue weighted by Gasteiger charge is 2.73. The fourth-order valence-corrected chi connectivity index (χ4v) is 5.85. The van der Waals surface area contributed by atoms with Crippen molar-refractivity contribution in [2.45, 2.75) is 62.8 Å². The van der Waals surface area contributed by atoms with E-state index in [0.717, 1.165) is 0 Å². The zero-order chi connectivity index (χ0) is 19.8. The van der Waals surface area contributed by atoms with E-state index in [1.165, 1.54) is 0 Å². The molecule has 5 fully saturated rings. The van der Waals surface area contributed by atoms with Crippen molar-refractivity contribution < 1.29 is 22.7 Å². The summed E-state index contributed by atoms with van der Waals surface area (Å²) in [5.74, 6) is 0. The van der Waals surface area contributed by atoms with Gasteiger partial charge in [-0.05, 0) is 40.0 Å². The second-order valence-electron chi connectivity index (χ2n) is 9.35. The summed E-state index contributed by atoms with van der Waals surface area (Å²) in [5.41, 5.74) is -1.31. The van der Waals surface area contributed by atoms with Gasteiger partial charge in [0.1, 0.15) is 5.60 Å². The van der Waals surface area contributed by atoms with E-state index in [1.807, 2.05) is 30.6 Å². The van der Waals surface area contributed by atoms with Crippen molar-refractivity contribution in [3.05, 3.63) is 0 Å². The Hall–Kier alpha value is -1.59. The minimum atomic E-state index is -3.74. The van der Waals surface area contributed by atoms with E-state index >= 15 is 0 Å². The Labute approximate surface area is 159 Å². The van der Waals surface area contributed by atoms with Crippen molar-refractivity contribution in [2.75, 3.05) is 26.2 Å². The van der Waals surface area contributed by atoms with Crippen LogP contribution in [-0.4, -0.2) is 84.1 Å². The molecule has 2 saturated heterocycles. The van der Waals surface area contributed by atoms with Crippen LogP contribution in [0.5, 0.6) is 0 Å². The molecule has 0 aromatic carbocycles. The average molecular weight is 401 g/mol. The molecule has 0 radical (unpaired) electrons. The van der Waals surface area contributed by atoms with Gasteiger partial charge in [-0.3, -0.25) is 0 Å². The molecule has 0 unspecified atom stereocenters. The number of hydrogen-bond acceptors (Lipinski definition) is 5. The topological polar surface area (TPSA) is 125 Å². The molecule has 152 valence electrons. The Bertz CT molecular complexity index is 772. The number of carbonyl (C=O) groups excluding carboxylic acids is 2. The SMILES string of the molecule is CC(C)(C)OC(=O)N1CCN2C(=O)N(C34CC(NS(N)(=O)=O)(C3)C4)C[C@@H]2C1. The molecule has 1 atom stereocenters. The van der Waals surface area contributed by atoms with Gasteiger partial charge >= 0.3 is 12.1 Å². The number of rotatable bonds is 3. The second-order valence-corrected chi connectivity index (χ2v) is 10.6. The second kappa shape index (κ2) is 5.48. The van der Waals surface area contributed by atoms with E-state index < -0.39 is 21.3 Å². The summed E-state index contributed by atoms with van der Waals surface area (Å²) in [4.78, 5) is 30.5. The summed E-state index contributed by atoms with van der Waals surface area (Å²) in [6, 6.07) is -0.0808. The molecule has 3 aliphatic carbocycles. The summed E-state index contributed by atoms with van der Waals surface area (Å²) in [6.07, 6.45) is 1.44. The number of ether oxygens (including phenoxy) is 1. The van der Waals surface area contributed by atoms with E-state index in [0.29, 0.717) is 45.4 Å². The summed E-state index contributed by atoms with van der Waals surface area (Å²) in [5, 5.41) is 5.09. The van der Waals surface area contributed by atoms with Crippen LogP contribution >= 0.6 is 0 Å². The lowest BCUT2D eigenvalue weighted by Gasteiger charge is -2.72. The van der Waals surface area contributed by atoms with Crippen LogP contribution in [0.2, 0.25) is 0 Å². The van der Waals surface area contributed by atoms with Crippen molar-refractivity contribution in [3.8, 4) is 0 Å². The van der Waals surface area contributed by atoms with Crippen LogP contribution in [0.4, 0.5) is 9.59 Å². The Morgan fingerprint density at radius 1 is 1.22 bits per heavy atom. The maximum absolute atomic E-state index is 12.9. The van der Waals surface area contributed by atoms with Gasteiger partial charge in [-0.1, -0.05) is 0 Å².